The maximum atomic E-state index is 12.7. The average Bonchev–Trinajstić information content (AvgIpc) is 2.96. The molecule has 30 heavy (non-hydrogen) atoms. The number of rotatable bonds is 6. The fourth-order valence-electron chi connectivity index (χ4n) is 2.92. The van der Waals surface area contributed by atoms with E-state index in [1.165, 1.54) is 20.3 Å². The standard InChI is InChI=1S/C21H20IN3O5/c1-12-4-6-15(7-5-12)23-18(26)11-25-20(27)16(24-21(25)28)9-13-8-14(22)10-17(29-2)19(13)30-3/h4-10H,11H2,1-3H3,(H,23,26)(H,24,28)/b16-9+. The van der Waals surface area contributed by atoms with Gasteiger partial charge in [0.1, 0.15) is 12.2 Å². The molecule has 0 unspecified atom stereocenters. The molecule has 156 valence electrons. The molecule has 2 N–H and O–H groups in total. The van der Waals surface area contributed by atoms with Crippen LogP contribution in [0.5, 0.6) is 11.5 Å². The summed E-state index contributed by atoms with van der Waals surface area (Å²) in [5.74, 6) is -0.138. The van der Waals surface area contributed by atoms with Crippen molar-refractivity contribution in [1.29, 1.82) is 0 Å². The number of anilines is 1. The van der Waals surface area contributed by atoms with Gasteiger partial charge in [0.2, 0.25) is 5.91 Å². The van der Waals surface area contributed by atoms with Gasteiger partial charge in [-0.05, 0) is 59.9 Å². The van der Waals surface area contributed by atoms with Crippen molar-refractivity contribution in [2.24, 2.45) is 0 Å². The van der Waals surface area contributed by atoms with Crippen molar-refractivity contribution in [3.8, 4) is 11.5 Å². The van der Waals surface area contributed by atoms with Crippen LogP contribution < -0.4 is 20.1 Å². The molecule has 0 aliphatic carbocycles. The molecule has 0 saturated carbocycles. The van der Waals surface area contributed by atoms with Gasteiger partial charge in [0.25, 0.3) is 5.91 Å². The molecule has 1 aliphatic rings. The Hall–Kier alpha value is -3.08. The van der Waals surface area contributed by atoms with Gasteiger partial charge in [-0.3, -0.25) is 9.59 Å². The summed E-state index contributed by atoms with van der Waals surface area (Å²) in [4.78, 5) is 38.1. The SMILES string of the molecule is COc1cc(I)cc(/C=C2/NC(=O)N(CC(=O)Nc3ccc(C)cc3)C2=O)c1OC. The van der Waals surface area contributed by atoms with Crippen LogP contribution in [0.25, 0.3) is 6.08 Å². The Balaban J connectivity index is 1.78. The average molecular weight is 521 g/mol. The Bertz CT molecular complexity index is 1030. The van der Waals surface area contributed by atoms with E-state index >= 15 is 0 Å². The minimum Gasteiger partial charge on any atom is -0.493 e. The molecule has 1 aliphatic heterocycles. The summed E-state index contributed by atoms with van der Waals surface area (Å²) in [5, 5.41) is 5.18. The number of benzene rings is 2. The molecule has 0 bridgehead atoms. The Morgan fingerprint density at radius 2 is 1.87 bits per heavy atom. The minimum atomic E-state index is -0.665. The molecule has 1 fully saturated rings. The number of nitrogens with zero attached hydrogens (tertiary/aromatic N) is 1. The quantitative estimate of drug-likeness (QED) is 0.346. The molecule has 1 saturated heterocycles. The fourth-order valence-corrected chi connectivity index (χ4v) is 3.54. The largest absolute Gasteiger partial charge is 0.493 e. The predicted octanol–water partition coefficient (Wildman–Crippen LogP) is 3.15. The first-order valence-corrected chi connectivity index (χ1v) is 10.0. The van der Waals surface area contributed by atoms with E-state index in [0.29, 0.717) is 22.7 Å². The number of amides is 4. The topological polar surface area (TPSA) is 97.0 Å². The minimum absolute atomic E-state index is 0.0467. The van der Waals surface area contributed by atoms with Crippen molar-refractivity contribution in [2.45, 2.75) is 6.92 Å². The van der Waals surface area contributed by atoms with Gasteiger partial charge >= 0.3 is 6.03 Å². The summed E-state index contributed by atoms with van der Waals surface area (Å²) >= 11 is 2.12. The summed E-state index contributed by atoms with van der Waals surface area (Å²) in [6.45, 7) is 1.54. The van der Waals surface area contributed by atoms with Gasteiger partial charge in [0.15, 0.2) is 11.5 Å². The highest BCUT2D eigenvalue weighted by Gasteiger charge is 2.35. The number of nitrogens with one attached hydrogen (secondary N) is 2. The smallest absolute Gasteiger partial charge is 0.329 e. The first-order chi connectivity index (χ1) is 14.3. The van der Waals surface area contributed by atoms with Crippen LogP contribution in [0.4, 0.5) is 10.5 Å². The zero-order valence-corrected chi connectivity index (χ0v) is 18.8. The maximum absolute atomic E-state index is 12.7. The lowest BCUT2D eigenvalue weighted by Crippen LogP contribution is -2.38. The predicted molar refractivity (Wildman–Crippen MR) is 120 cm³/mol. The molecule has 9 heteroatoms. The highest BCUT2D eigenvalue weighted by molar-refractivity contribution is 14.1. The number of hydrogen-bond acceptors (Lipinski definition) is 5. The van der Waals surface area contributed by atoms with E-state index in [1.54, 1.807) is 24.3 Å². The molecule has 0 radical (unpaired) electrons. The third-order valence-corrected chi connectivity index (χ3v) is 4.99. The number of carbonyl (C=O) groups is 3. The number of imide groups is 1. The molecule has 0 spiro atoms. The van der Waals surface area contributed by atoms with Gasteiger partial charge in [-0.25, -0.2) is 9.69 Å². The van der Waals surface area contributed by atoms with Crippen molar-refractivity contribution < 1.29 is 23.9 Å². The third-order valence-electron chi connectivity index (χ3n) is 4.37. The number of urea groups is 1. The number of hydrogen-bond donors (Lipinski definition) is 2. The lowest BCUT2D eigenvalue weighted by atomic mass is 10.1. The summed E-state index contributed by atoms with van der Waals surface area (Å²) in [6.07, 6.45) is 1.50. The summed E-state index contributed by atoms with van der Waals surface area (Å²) in [5.41, 5.74) is 2.25. The lowest BCUT2D eigenvalue weighted by molar-refractivity contribution is -0.127. The second kappa shape index (κ2) is 9.16. The Morgan fingerprint density at radius 3 is 2.50 bits per heavy atom. The van der Waals surface area contributed by atoms with E-state index in [2.05, 4.69) is 33.2 Å². The van der Waals surface area contributed by atoms with E-state index in [-0.39, 0.29) is 5.70 Å². The van der Waals surface area contributed by atoms with Gasteiger partial charge in [-0.2, -0.15) is 0 Å². The zero-order valence-electron chi connectivity index (χ0n) is 16.6. The molecule has 3 rings (SSSR count). The van der Waals surface area contributed by atoms with Crippen LogP contribution in [0.3, 0.4) is 0 Å². The fraction of sp³-hybridized carbons (Fsp3) is 0.190. The number of methoxy groups -OCH3 is 2. The molecule has 0 aromatic heterocycles. The second-order valence-electron chi connectivity index (χ2n) is 6.52. The number of aryl methyl sites for hydroxylation is 1. The monoisotopic (exact) mass is 521 g/mol. The number of halogens is 1. The maximum Gasteiger partial charge on any atom is 0.329 e. The lowest BCUT2D eigenvalue weighted by Gasteiger charge is -2.12. The first kappa shape index (κ1) is 21.6. The number of carbonyl (C=O) groups excluding carboxylic acids is 3. The van der Waals surface area contributed by atoms with E-state index < -0.39 is 24.4 Å². The van der Waals surface area contributed by atoms with Crippen LogP contribution in [-0.4, -0.2) is 43.5 Å². The van der Waals surface area contributed by atoms with Crippen LogP contribution in [0.1, 0.15) is 11.1 Å². The summed E-state index contributed by atoms with van der Waals surface area (Å²) in [7, 11) is 3.01. The van der Waals surface area contributed by atoms with Crippen LogP contribution in [-0.2, 0) is 9.59 Å². The molecule has 2 aromatic carbocycles. The van der Waals surface area contributed by atoms with E-state index in [9.17, 15) is 14.4 Å². The highest BCUT2D eigenvalue weighted by Crippen LogP contribution is 2.34. The van der Waals surface area contributed by atoms with E-state index in [0.717, 1.165) is 14.0 Å². The van der Waals surface area contributed by atoms with Gasteiger partial charge in [-0.15, -0.1) is 0 Å². The van der Waals surface area contributed by atoms with Crippen LogP contribution in [0, 0.1) is 10.5 Å². The molecule has 1 heterocycles. The van der Waals surface area contributed by atoms with Gasteiger partial charge in [-0.1, -0.05) is 17.7 Å². The molecular weight excluding hydrogens is 501 g/mol. The van der Waals surface area contributed by atoms with Crippen LogP contribution in [0.15, 0.2) is 42.1 Å². The van der Waals surface area contributed by atoms with E-state index in [4.69, 9.17) is 9.47 Å². The van der Waals surface area contributed by atoms with Crippen molar-refractivity contribution >= 4 is 52.2 Å². The van der Waals surface area contributed by atoms with Crippen molar-refractivity contribution in [1.82, 2.24) is 10.2 Å². The van der Waals surface area contributed by atoms with Crippen molar-refractivity contribution in [3.63, 3.8) is 0 Å². The Morgan fingerprint density at radius 1 is 1.17 bits per heavy atom. The second-order valence-corrected chi connectivity index (χ2v) is 7.77. The molecule has 8 nitrogen and oxygen atoms in total. The number of ether oxygens (including phenoxy) is 2. The summed E-state index contributed by atoms with van der Waals surface area (Å²) < 4.78 is 11.6. The normalized spacial score (nSPS) is 14.7. The first-order valence-electron chi connectivity index (χ1n) is 8.95. The molecule has 0 atom stereocenters. The molecular formula is C21H20IN3O5. The summed E-state index contributed by atoms with van der Waals surface area (Å²) in [6, 6.07) is 10.1. The van der Waals surface area contributed by atoms with Crippen LogP contribution >= 0.6 is 22.6 Å². The third kappa shape index (κ3) is 4.73. The van der Waals surface area contributed by atoms with Gasteiger partial charge in [0, 0.05) is 14.8 Å². The van der Waals surface area contributed by atoms with Crippen molar-refractivity contribution in [2.75, 3.05) is 26.1 Å². The van der Waals surface area contributed by atoms with Gasteiger partial charge in [0.05, 0.1) is 14.2 Å². The highest BCUT2D eigenvalue weighted by atomic mass is 127. The molecule has 4 amide bonds. The van der Waals surface area contributed by atoms with Gasteiger partial charge < -0.3 is 20.1 Å². The molecule has 2 aromatic rings. The zero-order chi connectivity index (χ0) is 21.8. The van der Waals surface area contributed by atoms with Crippen molar-refractivity contribution in [3.05, 3.63) is 56.8 Å². The van der Waals surface area contributed by atoms with E-state index in [1.807, 2.05) is 19.1 Å². The van der Waals surface area contributed by atoms with Crippen LogP contribution in [0.2, 0.25) is 0 Å². The Labute approximate surface area is 187 Å². The Kier molecular flexibility index (Phi) is 6.60.